The lowest BCUT2D eigenvalue weighted by Crippen LogP contribution is -2.30. The monoisotopic (exact) mass is 235 g/mol. The van der Waals surface area contributed by atoms with Crippen LogP contribution in [0.15, 0.2) is 6.07 Å². The Morgan fingerprint density at radius 3 is 2.94 bits per heavy atom. The lowest BCUT2D eigenvalue weighted by Gasteiger charge is -2.26. The number of nitrogens with zero attached hydrogens (tertiary/aromatic N) is 3. The molecule has 1 atom stereocenters. The Kier molecular flexibility index (Phi) is 3.94. The molecule has 1 aromatic heterocycles. The van der Waals surface area contributed by atoms with E-state index in [9.17, 15) is 0 Å². The van der Waals surface area contributed by atoms with Crippen LogP contribution < -0.4 is 4.90 Å². The maximum Gasteiger partial charge on any atom is 0.132 e. The van der Waals surface area contributed by atoms with Crippen LogP contribution in [0.4, 0.5) is 5.82 Å². The molecule has 0 spiro atoms. The van der Waals surface area contributed by atoms with Gasteiger partial charge in [-0.1, -0.05) is 0 Å². The summed E-state index contributed by atoms with van der Waals surface area (Å²) in [4.78, 5) is 11.2. The highest BCUT2D eigenvalue weighted by Gasteiger charge is 2.25. The van der Waals surface area contributed by atoms with Gasteiger partial charge in [-0.15, -0.1) is 0 Å². The third-order valence-corrected chi connectivity index (χ3v) is 3.32. The van der Waals surface area contributed by atoms with Gasteiger partial charge in [0, 0.05) is 31.0 Å². The molecule has 2 heterocycles. The number of aliphatic hydroxyl groups is 1. The van der Waals surface area contributed by atoms with Crippen LogP contribution in [0, 0.1) is 13.8 Å². The fraction of sp³-hybridized carbons (Fsp3) is 0.692. The standard InChI is InChI=1S/C13H21N3O/c1-10-9-13(15-11(2)14-10)16-7-3-5-12(16)6-4-8-17/h9,12,17H,3-8H2,1-2H3. The van der Waals surface area contributed by atoms with Gasteiger partial charge in [0.2, 0.25) is 0 Å². The van der Waals surface area contributed by atoms with E-state index >= 15 is 0 Å². The van der Waals surface area contributed by atoms with E-state index in [0.717, 1.165) is 36.7 Å². The first kappa shape index (κ1) is 12.3. The summed E-state index contributed by atoms with van der Waals surface area (Å²) in [6.45, 7) is 5.31. The predicted octanol–water partition coefficient (Wildman–Crippen LogP) is 1.83. The third kappa shape index (κ3) is 2.94. The predicted molar refractivity (Wildman–Crippen MR) is 68.2 cm³/mol. The minimum absolute atomic E-state index is 0.284. The maximum absolute atomic E-state index is 8.93. The van der Waals surface area contributed by atoms with Crippen molar-refractivity contribution in [3.63, 3.8) is 0 Å². The Labute approximate surface area is 103 Å². The molecule has 1 aromatic rings. The van der Waals surface area contributed by atoms with Gasteiger partial charge in [0.1, 0.15) is 11.6 Å². The van der Waals surface area contributed by atoms with Crippen molar-refractivity contribution in [3.8, 4) is 0 Å². The molecular weight excluding hydrogens is 214 g/mol. The van der Waals surface area contributed by atoms with Crippen LogP contribution in [0.2, 0.25) is 0 Å². The molecule has 0 aliphatic carbocycles. The zero-order chi connectivity index (χ0) is 12.3. The fourth-order valence-corrected chi connectivity index (χ4v) is 2.61. The minimum Gasteiger partial charge on any atom is -0.396 e. The lowest BCUT2D eigenvalue weighted by atomic mass is 10.1. The number of anilines is 1. The van der Waals surface area contributed by atoms with Crippen LogP contribution in [0.3, 0.4) is 0 Å². The molecule has 94 valence electrons. The summed E-state index contributed by atoms with van der Waals surface area (Å²) in [6.07, 6.45) is 4.36. The summed E-state index contributed by atoms with van der Waals surface area (Å²) in [5.41, 5.74) is 1.03. The van der Waals surface area contributed by atoms with Gasteiger partial charge < -0.3 is 10.0 Å². The van der Waals surface area contributed by atoms with Gasteiger partial charge in [0.05, 0.1) is 0 Å². The number of rotatable bonds is 4. The number of aromatic nitrogens is 2. The van der Waals surface area contributed by atoms with Crippen molar-refractivity contribution >= 4 is 5.82 Å². The summed E-state index contributed by atoms with van der Waals surface area (Å²) >= 11 is 0. The van der Waals surface area contributed by atoms with Crippen molar-refractivity contribution in [2.24, 2.45) is 0 Å². The summed E-state index contributed by atoms with van der Waals surface area (Å²) in [5.74, 6) is 1.89. The second kappa shape index (κ2) is 5.45. The second-order valence-electron chi connectivity index (χ2n) is 4.77. The van der Waals surface area contributed by atoms with Crippen molar-refractivity contribution in [1.82, 2.24) is 9.97 Å². The first-order valence-corrected chi connectivity index (χ1v) is 6.40. The molecule has 1 fully saturated rings. The molecule has 1 N–H and O–H groups in total. The van der Waals surface area contributed by atoms with E-state index in [1.54, 1.807) is 0 Å². The largest absolute Gasteiger partial charge is 0.396 e. The van der Waals surface area contributed by atoms with Gasteiger partial charge in [-0.3, -0.25) is 0 Å². The molecule has 4 heteroatoms. The van der Waals surface area contributed by atoms with Crippen molar-refractivity contribution in [3.05, 3.63) is 17.6 Å². The molecule has 0 amide bonds. The van der Waals surface area contributed by atoms with Crippen molar-refractivity contribution < 1.29 is 5.11 Å². The number of hydrogen-bond donors (Lipinski definition) is 1. The molecule has 0 radical (unpaired) electrons. The van der Waals surface area contributed by atoms with E-state index in [1.807, 2.05) is 13.8 Å². The zero-order valence-corrected chi connectivity index (χ0v) is 10.7. The molecule has 4 nitrogen and oxygen atoms in total. The van der Waals surface area contributed by atoms with Crippen molar-refractivity contribution in [1.29, 1.82) is 0 Å². The Balaban J connectivity index is 2.14. The van der Waals surface area contributed by atoms with Crippen LogP contribution >= 0.6 is 0 Å². The minimum atomic E-state index is 0.284. The van der Waals surface area contributed by atoms with Gasteiger partial charge >= 0.3 is 0 Å². The van der Waals surface area contributed by atoms with E-state index in [2.05, 4.69) is 20.9 Å². The van der Waals surface area contributed by atoms with Gasteiger partial charge in [0.25, 0.3) is 0 Å². The first-order valence-electron chi connectivity index (χ1n) is 6.40. The summed E-state index contributed by atoms with van der Waals surface area (Å²) in [7, 11) is 0. The highest BCUT2D eigenvalue weighted by atomic mass is 16.2. The van der Waals surface area contributed by atoms with Crippen LogP contribution in [0.5, 0.6) is 0 Å². The fourth-order valence-electron chi connectivity index (χ4n) is 2.61. The molecule has 1 saturated heterocycles. The first-order chi connectivity index (χ1) is 8.20. The molecule has 1 aliphatic heterocycles. The molecule has 17 heavy (non-hydrogen) atoms. The van der Waals surface area contributed by atoms with Crippen molar-refractivity contribution in [2.75, 3.05) is 18.1 Å². The normalized spacial score (nSPS) is 19.9. The summed E-state index contributed by atoms with van der Waals surface area (Å²) in [6, 6.07) is 2.60. The zero-order valence-electron chi connectivity index (χ0n) is 10.7. The Hall–Kier alpha value is -1.16. The van der Waals surface area contributed by atoms with Gasteiger partial charge in [-0.05, 0) is 39.5 Å². The summed E-state index contributed by atoms with van der Waals surface area (Å²) in [5, 5.41) is 8.93. The van der Waals surface area contributed by atoms with E-state index < -0.39 is 0 Å². The maximum atomic E-state index is 8.93. The van der Waals surface area contributed by atoms with Crippen molar-refractivity contribution in [2.45, 2.75) is 45.6 Å². The second-order valence-corrected chi connectivity index (χ2v) is 4.77. The highest BCUT2D eigenvalue weighted by molar-refractivity contribution is 5.42. The van der Waals surface area contributed by atoms with Gasteiger partial charge in [-0.2, -0.15) is 0 Å². The quantitative estimate of drug-likeness (QED) is 0.865. The van der Waals surface area contributed by atoms with Gasteiger partial charge in [0.15, 0.2) is 0 Å². The van der Waals surface area contributed by atoms with E-state index in [4.69, 9.17) is 5.11 Å². The lowest BCUT2D eigenvalue weighted by molar-refractivity contribution is 0.279. The van der Waals surface area contributed by atoms with Crippen LogP contribution in [-0.4, -0.2) is 34.3 Å². The van der Waals surface area contributed by atoms with E-state index in [-0.39, 0.29) is 6.61 Å². The molecule has 2 rings (SSSR count). The molecule has 0 aromatic carbocycles. The SMILES string of the molecule is Cc1cc(N2CCCC2CCCO)nc(C)n1. The molecule has 1 unspecified atom stereocenters. The number of aliphatic hydroxyl groups excluding tert-OH is 1. The molecular formula is C13H21N3O. The number of hydrogen-bond acceptors (Lipinski definition) is 4. The molecule has 1 aliphatic rings. The highest BCUT2D eigenvalue weighted by Crippen LogP contribution is 2.26. The Bertz CT molecular complexity index is 361. The molecule has 0 saturated carbocycles. The molecule has 0 bridgehead atoms. The Morgan fingerprint density at radius 2 is 2.24 bits per heavy atom. The topological polar surface area (TPSA) is 49.2 Å². The smallest absolute Gasteiger partial charge is 0.132 e. The number of aryl methyl sites for hydroxylation is 2. The Morgan fingerprint density at radius 1 is 1.41 bits per heavy atom. The van der Waals surface area contributed by atoms with Gasteiger partial charge in [-0.25, -0.2) is 9.97 Å². The van der Waals surface area contributed by atoms with Crippen LogP contribution in [-0.2, 0) is 0 Å². The average Bonchev–Trinajstić information content (AvgIpc) is 2.73. The third-order valence-electron chi connectivity index (χ3n) is 3.32. The van der Waals surface area contributed by atoms with Crippen LogP contribution in [0.25, 0.3) is 0 Å². The van der Waals surface area contributed by atoms with E-state index in [1.165, 1.54) is 12.8 Å². The van der Waals surface area contributed by atoms with E-state index in [0.29, 0.717) is 6.04 Å². The average molecular weight is 235 g/mol. The summed E-state index contributed by atoms with van der Waals surface area (Å²) < 4.78 is 0. The van der Waals surface area contributed by atoms with Crippen LogP contribution in [0.1, 0.15) is 37.2 Å².